The van der Waals surface area contributed by atoms with Crippen molar-refractivity contribution in [1.82, 2.24) is 14.9 Å². The number of hydrogen-bond donors (Lipinski definition) is 2. The molecule has 190 valence electrons. The van der Waals surface area contributed by atoms with E-state index in [1.54, 1.807) is 0 Å². The van der Waals surface area contributed by atoms with Crippen LogP contribution in [0.25, 0.3) is 0 Å². The molecule has 3 rings (SSSR count). The van der Waals surface area contributed by atoms with Crippen LogP contribution in [0.15, 0.2) is 29.2 Å². The summed E-state index contributed by atoms with van der Waals surface area (Å²) < 4.78 is 42.8. The summed E-state index contributed by atoms with van der Waals surface area (Å²) in [6.07, 6.45) is 5.46. The number of rotatable bonds is 10. The average molecular weight is 498 g/mol. The third-order valence-corrected chi connectivity index (χ3v) is 8.04. The van der Waals surface area contributed by atoms with Crippen LogP contribution < -0.4 is 14.8 Å². The Balaban J connectivity index is 1.48. The van der Waals surface area contributed by atoms with Gasteiger partial charge in [-0.3, -0.25) is 14.5 Å². The number of amides is 1. The molecule has 1 aromatic carbocycles. The molecule has 2 N–H and O–H groups in total. The molecule has 1 heterocycles. The van der Waals surface area contributed by atoms with Crippen LogP contribution in [0.3, 0.4) is 0 Å². The van der Waals surface area contributed by atoms with Gasteiger partial charge < -0.3 is 19.5 Å². The van der Waals surface area contributed by atoms with E-state index >= 15 is 0 Å². The normalized spacial score (nSPS) is 19.7. The van der Waals surface area contributed by atoms with Gasteiger partial charge >= 0.3 is 5.97 Å². The lowest BCUT2D eigenvalue weighted by atomic mass is 9.79. The van der Waals surface area contributed by atoms with Crippen molar-refractivity contribution in [2.24, 2.45) is 0 Å². The monoisotopic (exact) mass is 497 g/mol. The first kappa shape index (κ1) is 26.4. The largest absolute Gasteiger partial charge is 0.497 e. The van der Waals surface area contributed by atoms with Gasteiger partial charge in [0.25, 0.3) is 5.91 Å². The van der Waals surface area contributed by atoms with Crippen molar-refractivity contribution in [2.75, 3.05) is 46.6 Å². The Labute approximate surface area is 201 Å². The average Bonchev–Trinajstić information content (AvgIpc) is 2.86. The molecular formula is C23H35N3O7S. The topological polar surface area (TPSA) is 123 Å². The molecule has 1 aromatic rings. The molecule has 1 atom stereocenters. The van der Waals surface area contributed by atoms with Crippen molar-refractivity contribution in [1.29, 1.82) is 0 Å². The second kappa shape index (κ2) is 12.0. The lowest BCUT2D eigenvalue weighted by molar-refractivity contribution is -0.150. The number of carbonyl (C=O) groups excluding carboxylic acids is 2. The number of nitrogens with one attached hydrogen (secondary N) is 2. The second-order valence-electron chi connectivity index (χ2n) is 8.79. The van der Waals surface area contributed by atoms with Crippen LogP contribution in [0.5, 0.6) is 5.75 Å². The minimum Gasteiger partial charge on any atom is -0.497 e. The molecule has 1 saturated carbocycles. The molecule has 0 unspecified atom stereocenters. The number of ether oxygens (including phenoxy) is 3. The first-order valence-corrected chi connectivity index (χ1v) is 13.2. The Kier molecular flexibility index (Phi) is 9.29. The molecule has 0 radical (unpaired) electrons. The molecule has 2 aliphatic rings. The Morgan fingerprint density at radius 2 is 1.76 bits per heavy atom. The van der Waals surface area contributed by atoms with Crippen LogP contribution in [0.2, 0.25) is 0 Å². The van der Waals surface area contributed by atoms with Crippen LogP contribution in [-0.2, 0) is 29.1 Å². The lowest BCUT2D eigenvalue weighted by Gasteiger charge is -2.48. The number of hydrogen-bond acceptors (Lipinski definition) is 8. The fraction of sp³-hybridized carbons (Fsp3) is 0.652. The van der Waals surface area contributed by atoms with Crippen LogP contribution in [0.1, 0.15) is 39.0 Å². The Bertz CT molecular complexity index is 924. The summed E-state index contributed by atoms with van der Waals surface area (Å²) in [5.74, 6) is -0.717. The molecule has 0 bridgehead atoms. The third kappa shape index (κ3) is 6.91. The molecule has 2 fully saturated rings. The van der Waals surface area contributed by atoms with Crippen molar-refractivity contribution in [2.45, 2.75) is 55.5 Å². The minimum atomic E-state index is -3.94. The molecule has 1 amide bonds. The highest BCUT2D eigenvalue weighted by Crippen LogP contribution is 2.33. The quantitative estimate of drug-likeness (QED) is 0.460. The van der Waals surface area contributed by atoms with Gasteiger partial charge in [0.2, 0.25) is 10.0 Å². The first-order valence-electron chi connectivity index (χ1n) is 11.7. The summed E-state index contributed by atoms with van der Waals surface area (Å²) in [5, 5.41) is 2.92. The minimum absolute atomic E-state index is 0.00779. The molecule has 10 nitrogen and oxygen atoms in total. The highest BCUT2D eigenvalue weighted by Gasteiger charge is 2.38. The zero-order valence-corrected chi connectivity index (χ0v) is 20.7. The highest BCUT2D eigenvalue weighted by molar-refractivity contribution is 7.89. The standard InChI is InChI=1S/C23H35N3O7S/c1-18(25-34(29,30)20-8-6-19(31-2)7-9-20)22(28)33-16-21(27)24-17-23(10-4-3-5-11-23)26-12-14-32-15-13-26/h6-9,18,25H,3-5,10-17H2,1-2H3,(H,24,27)/t18-/m0/s1. The summed E-state index contributed by atoms with van der Waals surface area (Å²) in [4.78, 5) is 27.1. The number of nitrogens with zero attached hydrogens (tertiary/aromatic N) is 1. The number of benzene rings is 1. The van der Waals surface area contributed by atoms with Crippen LogP contribution in [0, 0.1) is 0 Å². The number of morpholine rings is 1. The fourth-order valence-electron chi connectivity index (χ4n) is 4.53. The molecule has 0 aromatic heterocycles. The number of carbonyl (C=O) groups is 2. The van der Waals surface area contributed by atoms with Crippen molar-refractivity contribution in [3.05, 3.63) is 24.3 Å². The predicted octanol–water partition coefficient (Wildman–Crippen LogP) is 1.06. The van der Waals surface area contributed by atoms with Gasteiger partial charge in [-0.1, -0.05) is 19.3 Å². The Morgan fingerprint density at radius 1 is 1.12 bits per heavy atom. The van der Waals surface area contributed by atoms with Gasteiger partial charge in [0.1, 0.15) is 11.8 Å². The number of esters is 1. The molecule has 1 aliphatic heterocycles. The maximum absolute atomic E-state index is 12.5. The van der Waals surface area contributed by atoms with Crippen molar-refractivity contribution < 1.29 is 32.2 Å². The fourth-order valence-corrected chi connectivity index (χ4v) is 5.72. The maximum Gasteiger partial charge on any atom is 0.324 e. The van der Waals surface area contributed by atoms with Gasteiger partial charge in [-0.05, 0) is 44.0 Å². The highest BCUT2D eigenvalue weighted by atomic mass is 32.2. The Hall–Kier alpha value is -2.21. The predicted molar refractivity (Wildman–Crippen MR) is 125 cm³/mol. The zero-order valence-electron chi connectivity index (χ0n) is 19.9. The Morgan fingerprint density at radius 3 is 2.38 bits per heavy atom. The summed E-state index contributed by atoms with van der Waals surface area (Å²) in [6.45, 7) is 4.47. The molecular weight excluding hydrogens is 462 g/mol. The van der Waals surface area contributed by atoms with E-state index in [0.717, 1.165) is 38.8 Å². The first-order chi connectivity index (χ1) is 16.3. The second-order valence-corrected chi connectivity index (χ2v) is 10.5. The number of methoxy groups -OCH3 is 1. The zero-order chi connectivity index (χ0) is 24.6. The van der Waals surface area contributed by atoms with Crippen LogP contribution in [-0.4, -0.2) is 83.3 Å². The van der Waals surface area contributed by atoms with Crippen molar-refractivity contribution >= 4 is 21.9 Å². The SMILES string of the molecule is COc1ccc(S(=O)(=O)N[C@@H](C)C(=O)OCC(=O)NCC2(N3CCOCC3)CCCCC2)cc1. The van der Waals surface area contributed by atoms with E-state index < -0.39 is 34.5 Å². The van der Waals surface area contributed by atoms with Gasteiger partial charge in [0, 0.05) is 25.2 Å². The van der Waals surface area contributed by atoms with Gasteiger partial charge in [0.15, 0.2) is 6.61 Å². The van der Waals surface area contributed by atoms with Gasteiger partial charge in [-0.2, -0.15) is 4.72 Å². The van der Waals surface area contributed by atoms with E-state index in [1.807, 2.05) is 0 Å². The van der Waals surface area contributed by atoms with E-state index in [-0.39, 0.29) is 10.4 Å². The van der Waals surface area contributed by atoms with E-state index in [2.05, 4.69) is 14.9 Å². The van der Waals surface area contributed by atoms with Crippen LogP contribution >= 0.6 is 0 Å². The maximum atomic E-state index is 12.5. The third-order valence-electron chi connectivity index (χ3n) is 6.48. The van der Waals surface area contributed by atoms with Crippen molar-refractivity contribution in [3.8, 4) is 5.75 Å². The van der Waals surface area contributed by atoms with Gasteiger partial charge in [-0.15, -0.1) is 0 Å². The van der Waals surface area contributed by atoms with Crippen LogP contribution in [0.4, 0.5) is 0 Å². The summed E-state index contributed by atoms with van der Waals surface area (Å²) in [6, 6.07) is 4.62. The molecule has 1 saturated heterocycles. The summed E-state index contributed by atoms with van der Waals surface area (Å²) in [7, 11) is -2.46. The smallest absolute Gasteiger partial charge is 0.324 e. The molecule has 34 heavy (non-hydrogen) atoms. The van der Waals surface area contributed by atoms with Gasteiger partial charge in [0.05, 0.1) is 25.2 Å². The lowest BCUT2D eigenvalue weighted by Crippen LogP contribution is -2.60. The van der Waals surface area contributed by atoms with E-state index in [1.165, 1.54) is 44.7 Å². The van der Waals surface area contributed by atoms with Gasteiger partial charge in [-0.25, -0.2) is 8.42 Å². The van der Waals surface area contributed by atoms with Crippen molar-refractivity contribution in [3.63, 3.8) is 0 Å². The van der Waals surface area contributed by atoms with E-state index in [4.69, 9.17) is 14.2 Å². The summed E-state index contributed by atoms with van der Waals surface area (Å²) in [5.41, 5.74) is -0.0943. The number of sulfonamides is 1. The molecule has 1 aliphatic carbocycles. The summed E-state index contributed by atoms with van der Waals surface area (Å²) >= 11 is 0. The molecule has 11 heteroatoms. The van der Waals surface area contributed by atoms with E-state index in [0.29, 0.717) is 25.5 Å². The van der Waals surface area contributed by atoms with E-state index in [9.17, 15) is 18.0 Å². The molecule has 0 spiro atoms.